The molecule has 1 atom stereocenters. The average Bonchev–Trinajstić information content (AvgIpc) is 2.14. The van der Waals surface area contributed by atoms with Crippen molar-refractivity contribution in [3.05, 3.63) is 0 Å². The van der Waals surface area contributed by atoms with Gasteiger partial charge in [0.05, 0.1) is 19.6 Å². The molecule has 0 N–H and O–H groups in total. The number of hydrogen-bond acceptors (Lipinski definition) is 5. The number of hydrogen-bond donors (Lipinski definition) is 0. The first-order chi connectivity index (χ1) is 7.02. The van der Waals surface area contributed by atoms with Crippen molar-refractivity contribution in [2.45, 2.75) is 26.7 Å². The fourth-order valence-corrected chi connectivity index (χ4v) is 3.80. The lowest BCUT2D eigenvalue weighted by Crippen LogP contribution is -2.06. The largest absolute Gasteiger partial charge is 0.466 e. The molecule has 0 aliphatic heterocycles. The number of ether oxygens (including phenoxy) is 1. The lowest BCUT2D eigenvalue weighted by atomic mass is 10.5. The van der Waals surface area contributed by atoms with Gasteiger partial charge in [0, 0.05) is 12.4 Å². The van der Waals surface area contributed by atoms with Crippen molar-refractivity contribution in [1.29, 1.82) is 0 Å². The molecule has 0 heterocycles. The Hall–Kier alpha value is 0.01000. The zero-order valence-corrected chi connectivity index (χ0v) is 11.2. The summed E-state index contributed by atoms with van der Waals surface area (Å²) in [5, 5.41) is 0. The molecule has 6 heteroatoms. The van der Waals surface area contributed by atoms with Gasteiger partial charge < -0.3 is 9.26 Å². The molecule has 0 fully saturated rings. The van der Waals surface area contributed by atoms with Crippen LogP contribution in [0, 0.1) is 0 Å². The van der Waals surface area contributed by atoms with Crippen molar-refractivity contribution < 1.29 is 18.6 Å². The summed E-state index contributed by atoms with van der Waals surface area (Å²) < 4.78 is 21.5. The zero-order chi connectivity index (χ0) is 11.7. The molecule has 0 saturated carbocycles. The number of carbonyl (C=O) groups is 1. The summed E-state index contributed by atoms with van der Waals surface area (Å²) in [6.45, 7) is 3.63. The van der Waals surface area contributed by atoms with E-state index in [1.165, 1.54) is 11.4 Å². The van der Waals surface area contributed by atoms with Crippen LogP contribution in [0.2, 0.25) is 0 Å². The molecule has 0 rings (SSSR count). The van der Waals surface area contributed by atoms with Crippen LogP contribution in [0.15, 0.2) is 0 Å². The van der Waals surface area contributed by atoms with Crippen LogP contribution in [-0.4, -0.2) is 31.6 Å². The summed E-state index contributed by atoms with van der Waals surface area (Å²) in [6.07, 6.45) is 1.11. The molecule has 1 unspecified atom stereocenters. The SMILES string of the molecule is CCCOC(=O)CCSP(C)(=O)OCC. The molecule has 0 spiro atoms. The number of carbonyl (C=O) groups excluding carboxylic acids is 1. The van der Waals surface area contributed by atoms with Gasteiger partial charge in [-0.25, -0.2) is 0 Å². The molecule has 0 aromatic rings. The predicted octanol–water partition coefficient (Wildman–Crippen LogP) is 2.92. The minimum Gasteiger partial charge on any atom is -0.466 e. The van der Waals surface area contributed by atoms with E-state index in [-0.39, 0.29) is 12.4 Å². The predicted molar refractivity (Wildman–Crippen MR) is 63.5 cm³/mol. The van der Waals surface area contributed by atoms with E-state index in [1.807, 2.05) is 6.92 Å². The van der Waals surface area contributed by atoms with Gasteiger partial charge in [-0.2, -0.15) is 0 Å². The average molecular weight is 254 g/mol. The van der Waals surface area contributed by atoms with Crippen molar-refractivity contribution in [3.8, 4) is 0 Å². The van der Waals surface area contributed by atoms with Gasteiger partial charge >= 0.3 is 5.97 Å². The Balaban J connectivity index is 3.60. The Morgan fingerprint density at radius 2 is 2.07 bits per heavy atom. The van der Waals surface area contributed by atoms with E-state index in [2.05, 4.69) is 0 Å². The first kappa shape index (κ1) is 15.0. The van der Waals surface area contributed by atoms with E-state index in [1.54, 1.807) is 13.6 Å². The van der Waals surface area contributed by atoms with E-state index < -0.39 is 6.57 Å². The van der Waals surface area contributed by atoms with Crippen molar-refractivity contribution in [3.63, 3.8) is 0 Å². The topological polar surface area (TPSA) is 52.6 Å². The molecule has 0 aromatic heterocycles. The van der Waals surface area contributed by atoms with Crippen LogP contribution in [0.3, 0.4) is 0 Å². The minimum atomic E-state index is -2.57. The summed E-state index contributed by atoms with van der Waals surface area (Å²) in [6, 6.07) is 0. The smallest absolute Gasteiger partial charge is 0.306 e. The summed E-state index contributed by atoms with van der Waals surface area (Å²) in [7, 11) is 0. The lowest BCUT2D eigenvalue weighted by Gasteiger charge is -2.10. The highest BCUT2D eigenvalue weighted by atomic mass is 32.7. The van der Waals surface area contributed by atoms with Gasteiger partial charge in [0.15, 0.2) is 0 Å². The monoisotopic (exact) mass is 254 g/mol. The molecule has 0 saturated heterocycles. The maximum absolute atomic E-state index is 11.6. The molecule has 0 aliphatic rings. The summed E-state index contributed by atoms with van der Waals surface area (Å²) in [5.41, 5.74) is 0. The molecule has 0 aliphatic carbocycles. The highest BCUT2D eigenvalue weighted by Gasteiger charge is 2.16. The van der Waals surface area contributed by atoms with E-state index in [9.17, 15) is 9.36 Å². The van der Waals surface area contributed by atoms with Gasteiger partial charge in [-0.1, -0.05) is 18.3 Å². The second-order valence-electron chi connectivity index (χ2n) is 2.99. The third-order valence-electron chi connectivity index (χ3n) is 1.46. The van der Waals surface area contributed by atoms with Crippen LogP contribution in [0.4, 0.5) is 0 Å². The Labute approximate surface area is 95.3 Å². The molecule has 4 nitrogen and oxygen atoms in total. The van der Waals surface area contributed by atoms with Gasteiger partial charge in [-0.3, -0.25) is 9.36 Å². The first-order valence-corrected chi connectivity index (χ1v) is 8.70. The molecular formula is C9H19O4PS. The van der Waals surface area contributed by atoms with E-state index in [4.69, 9.17) is 9.26 Å². The van der Waals surface area contributed by atoms with Crippen LogP contribution >= 0.6 is 18.0 Å². The maximum atomic E-state index is 11.6. The van der Waals surface area contributed by atoms with Gasteiger partial charge in [0.25, 0.3) is 6.57 Å². The molecular weight excluding hydrogens is 235 g/mol. The number of rotatable bonds is 8. The van der Waals surface area contributed by atoms with Crippen molar-refractivity contribution in [2.24, 2.45) is 0 Å². The van der Waals surface area contributed by atoms with Gasteiger partial charge in [0.2, 0.25) is 0 Å². The second-order valence-corrected chi connectivity index (χ2v) is 8.22. The van der Waals surface area contributed by atoms with E-state index in [0.717, 1.165) is 6.42 Å². The molecule has 0 bridgehead atoms. The first-order valence-electron chi connectivity index (χ1n) is 5.04. The summed E-state index contributed by atoms with van der Waals surface area (Å²) >= 11 is 1.20. The second kappa shape index (κ2) is 8.20. The molecule has 0 aromatic carbocycles. The minimum absolute atomic E-state index is 0.235. The van der Waals surface area contributed by atoms with Crippen molar-refractivity contribution in [2.75, 3.05) is 25.6 Å². The molecule has 90 valence electrons. The fourth-order valence-electron chi connectivity index (χ4n) is 0.855. The third-order valence-corrected chi connectivity index (χ3v) is 5.32. The maximum Gasteiger partial charge on any atom is 0.306 e. The Morgan fingerprint density at radius 3 is 2.60 bits per heavy atom. The van der Waals surface area contributed by atoms with Crippen LogP contribution in [0.5, 0.6) is 0 Å². The van der Waals surface area contributed by atoms with Gasteiger partial charge in [0.1, 0.15) is 0 Å². The van der Waals surface area contributed by atoms with Gasteiger partial charge in [-0.05, 0) is 13.3 Å². The Morgan fingerprint density at radius 1 is 1.40 bits per heavy atom. The van der Waals surface area contributed by atoms with E-state index >= 15 is 0 Å². The standard InChI is InChI=1S/C9H19O4PS/c1-4-7-12-9(10)6-8-15-14(3,11)13-5-2/h4-8H2,1-3H3. The number of esters is 1. The fraction of sp³-hybridized carbons (Fsp3) is 0.889. The van der Waals surface area contributed by atoms with Crippen LogP contribution in [-0.2, 0) is 18.6 Å². The molecule has 0 radical (unpaired) electrons. The third kappa shape index (κ3) is 8.97. The molecule has 15 heavy (non-hydrogen) atoms. The highest BCUT2D eigenvalue weighted by Crippen LogP contribution is 2.56. The molecule has 0 amide bonds. The zero-order valence-electron chi connectivity index (χ0n) is 9.52. The summed E-state index contributed by atoms with van der Waals surface area (Å²) in [4.78, 5) is 11.1. The van der Waals surface area contributed by atoms with Gasteiger partial charge in [-0.15, -0.1) is 0 Å². The van der Waals surface area contributed by atoms with E-state index in [0.29, 0.717) is 19.0 Å². The summed E-state index contributed by atoms with van der Waals surface area (Å²) in [5.74, 6) is 0.247. The highest BCUT2D eigenvalue weighted by molar-refractivity contribution is 8.56. The normalized spacial score (nSPS) is 14.6. The Kier molecular flexibility index (Phi) is 8.20. The quantitative estimate of drug-likeness (QED) is 0.492. The Bertz CT molecular complexity index is 232. The van der Waals surface area contributed by atoms with Crippen LogP contribution < -0.4 is 0 Å². The lowest BCUT2D eigenvalue weighted by molar-refractivity contribution is -0.143. The van der Waals surface area contributed by atoms with Crippen LogP contribution in [0.1, 0.15) is 26.7 Å². The van der Waals surface area contributed by atoms with Crippen molar-refractivity contribution in [1.82, 2.24) is 0 Å². The van der Waals surface area contributed by atoms with Crippen LogP contribution in [0.25, 0.3) is 0 Å². The van der Waals surface area contributed by atoms with Crippen molar-refractivity contribution >= 4 is 23.9 Å².